The average molecular weight is 248 g/mol. The quantitative estimate of drug-likeness (QED) is 0.867. The van der Waals surface area contributed by atoms with Crippen LogP contribution < -0.4 is 5.56 Å². The molecule has 0 aliphatic heterocycles. The highest BCUT2D eigenvalue weighted by molar-refractivity contribution is 5.09. The van der Waals surface area contributed by atoms with Gasteiger partial charge in [0.05, 0.1) is 5.69 Å². The van der Waals surface area contributed by atoms with Gasteiger partial charge in [0.2, 0.25) is 0 Å². The molecule has 2 rings (SSSR count). The normalized spacial score (nSPS) is 18.6. The molecule has 1 aliphatic carbocycles. The van der Waals surface area contributed by atoms with Crippen LogP contribution in [0.15, 0.2) is 10.9 Å². The summed E-state index contributed by atoms with van der Waals surface area (Å²) in [6, 6.07) is 1.64. The van der Waals surface area contributed by atoms with E-state index in [1.54, 1.807) is 6.07 Å². The average Bonchev–Trinajstić information content (AvgIpc) is 2.27. The van der Waals surface area contributed by atoms with Crippen LogP contribution >= 0.6 is 0 Å². The van der Waals surface area contributed by atoms with E-state index in [0.29, 0.717) is 11.8 Å². The zero-order chi connectivity index (χ0) is 13.0. The summed E-state index contributed by atoms with van der Waals surface area (Å²) >= 11 is 0. The molecule has 1 aliphatic rings. The first-order chi connectivity index (χ1) is 8.66. The van der Waals surface area contributed by atoms with Crippen LogP contribution in [0.2, 0.25) is 0 Å². The van der Waals surface area contributed by atoms with Crippen LogP contribution in [0.3, 0.4) is 0 Å². The molecule has 1 heterocycles. The van der Waals surface area contributed by atoms with Crippen LogP contribution in [0, 0.1) is 0 Å². The van der Waals surface area contributed by atoms with E-state index in [9.17, 15) is 4.79 Å². The van der Waals surface area contributed by atoms with Crippen molar-refractivity contribution in [3.63, 3.8) is 0 Å². The van der Waals surface area contributed by atoms with Crippen molar-refractivity contribution in [2.75, 3.05) is 0 Å². The van der Waals surface area contributed by atoms with Gasteiger partial charge >= 0.3 is 0 Å². The summed E-state index contributed by atoms with van der Waals surface area (Å²) in [6.07, 6.45) is 8.88. The van der Waals surface area contributed by atoms with E-state index < -0.39 is 0 Å². The zero-order valence-corrected chi connectivity index (χ0v) is 11.5. The lowest BCUT2D eigenvalue weighted by atomic mass is 9.90. The molecule has 0 radical (unpaired) electrons. The van der Waals surface area contributed by atoms with Crippen molar-refractivity contribution in [3.8, 4) is 0 Å². The Morgan fingerprint density at radius 1 is 1.17 bits per heavy atom. The molecule has 18 heavy (non-hydrogen) atoms. The Morgan fingerprint density at radius 2 is 1.78 bits per heavy atom. The van der Waals surface area contributed by atoms with Crippen molar-refractivity contribution in [3.05, 3.63) is 27.9 Å². The minimum atomic E-state index is 0.00533. The van der Waals surface area contributed by atoms with Crippen LogP contribution in [0.5, 0.6) is 0 Å². The summed E-state index contributed by atoms with van der Waals surface area (Å²) in [4.78, 5) is 19.3. The Morgan fingerprint density at radius 3 is 2.39 bits per heavy atom. The summed E-state index contributed by atoms with van der Waals surface area (Å²) in [5.74, 6) is 1.70. The molecule has 0 bridgehead atoms. The fourth-order valence-corrected chi connectivity index (χ4v) is 2.71. The molecule has 3 heteroatoms. The molecule has 1 fully saturated rings. The third-order valence-corrected chi connectivity index (χ3v) is 3.86. The van der Waals surface area contributed by atoms with Gasteiger partial charge < -0.3 is 4.98 Å². The molecule has 0 amide bonds. The molecule has 0 atom stereocenters. The van der Waals surface area contributed by atoms with Gasteiger partial charge in [-0.15, -0.1) is 0 Å². The molecule has 1 aromatic heterocycles. The van der Waals surface area contributed by atoms with Crippen LogP contribution in [-0.2, 0) is 0 Å². The van der Waals surface area contributed by atoms with Crippen LogP contribution in [-0.4, -0.2) is 9.97 Å². The van der Waals surface area contributed by atoms with Crippen LogP contribution in [0.4, 0.5) is 0 Å². The van der Waals surface area contributed by atoms with Crippen molar-refractivity contribution in [1.82, 2.24) is 9.97 Å². The topological polar surface area (TPSA) is 45.8 Å². The fourth-order valence-electron chi connectivity index (χ4n) is 2.71. The zero-order valence-electron chi connectivity index (χ0n) is 11.5. The van der Waals surface area contributed by atoms with Gasteiger partial charge in [0, 0.05) is 12.0 Å². The molecule has 1 N–H and O–H groups in total. The molecular formula is C15H24N2O. The van der Waals surface area contributed by atoms with E-state index >= 15 is 0 Å². The lowest BCUT2D eigenvalue weighted by molar-refractivity contribution is 0.440. The molecule has 100 valence electrons. The molecular weight excluding hydrogens is 224 g/mol. The smallest absolute Gasteiger partial charge is 0.251 e. The van der Waals surface area contributed by atoms with Gasteiger partial charge in [-0.1, -0.05) is 46.0 Å². The van der Waals surface area contributed by atoms with Crippen molar-refractivity contribution in [1.29, 1.82) is 0 Å². The molecule has 1 aromatic rings. The van der Waals surface area contributed by atoms with Gasteiger partial charge in [0.1, 0.15) is 5.82 Å². The molecule has 0 spiro atoms. The van der Waals surface area contributed by atoms with Gasteiger partial charge in [-0.05, 0) is 18.8 Å². The summed E-state index contributed by atoms with van der Waals surface area (Å²) in [7, 11) is 0. The van der Waals surface area contributed by atoms with Crippen LogP contribution in [0.1, 0.15) is 82.1 Å². The minimum Gasteiger partial charge on any atom is -0.310 e. The number of aromatic amines is 1. The number of hydrogen-bond donors (Lipinski definition) is 1. The molecule has 0 saturated heterocycles. The van der Waals surface area contributed by atoms with Gasteiger partial charge in [-0.2, -0.15) is 0 Å². The lowest BCUT2D eigenvalue weighted by Gasteiger charge is -2.19. The fraction of sp³-hybridized carbons (Fsp3) is 0.733. The highest BCUT2D eigenvalue weighted by Gasteiger charge is 2.17. The van der Waals surface area contributed by atoms with Crippen molar-refractivity contribution in [2.24, 2.45) is 0 Å². The summed E-state index contributed by atoms with van der Waals surface area (Å²) in [5, 5.41) is 0. The van der Waals surface area contributed by atoms with Gasteiger partial charge in [0.25, 0.3) is 5.56 Å². The first kappa shape index (κ1) is 13.3. The van der Waals surface area contributed by atoms with Crippen molar-refractivity contribution in [2.45, 2.75) is 70.6 Å². The van der Waals surface area contributed by atoms with Crippen molar-refractivity contribution < 1.29 is 0 Å². The Balaban J connectivity index is 2.22. The summed E-state index contributed by atoms with van der Waals surface area (Å²) in [5.41, 5.74) is 0.932. The monoisotopic (exact) mass is 248 g/mol. The number of hydrogen-bond acceptors (Lipinski definition) is 2. The van der Waals surface area contributed by atoms with Gasteiger partial charge in [-0.3, -0.25) is 4.79 Å². The Hall–Kier alpha value is -1.12. The minimum absolute atomic E-state index is 0.00533. The maximum atomic E-state index is 11.7. The van der Waals surface area contributed by atoms with E-state index in [-0.39, 0.29) is 5.56 Å². The maximum Gasteiger partial charge on any atom is 0.251 e. The molecule has 0 aromatic carbocycles. The third kappa shape index (κ3) is 3.44. The number of aromatic nitrogens is 2. The first-order valence-electron chi connectivity index (χ1n) is 7.28. The van der Waals surface area contributed by atoms with E-state index in [1.807, 2.05) is 0 Å². The second-order valence-corrected chi connectivity index (χ2v) is 5.75. The largest absolute Gasteiger partial charge is 0.310 e. The second-order valence-electron chi connectivity index (χ2n) is 5.75. The predicted octanol–water partition coefficient (Wildman–Crippen LogP) is 3.72. The van der Waals surface area contributed by atoms with E-state index in [4.69, 9.17) is 0 Å². The highest BCUT2D eigenvalue weighted by Crippen LogP contribution is 2.28. The SMILES string of the molecule is CC(C)c1cc(=O)[nH]c(C2CCCCCCC2)n1. The molecule has 1 saturated carbocycles. The number of nitrogens with one attached hydrogen (secondary N) is 1. The summed E-state index contributed by atoms with van der Waals surface area (Å²) < 4.78 is 0. The number of nitrogens with zero attached hydrogens (tertiary/aromatic N) is 1. The van der Waals surface area contributed by atoms with E-state index in [1.165, 1.54) is 44.9 Å². The Kier molecular flexibility index (Phi) is 4.56. The van der Waals surface area contributed by atoms with Crippen LogP contribution in [0.25, 0.3) is 0 Å². The third-order valence-electron chi connectivity index (χ3n) is 3.86. The van der Waals surface area contributed by atoms with E-state index in [0.717, 1.165) is 11.5 Å². The van der Waals surface area contributed by atoms with E-state index in [2.05, 4.69) is 23.8 Å². The first-order valence-corrected chi connectivity index (χ1v) is 7.28. The second kappa shape index (κ2) is 6.17. The standard InChI is InChI=1S/C15H24N2O/c1-11(2)13-10-14(18)17-15(16-13)12-8-6-4-3-5-7-9-12/h10-12H,3-9H2,1-2H3,(H,16,17,18). The predicted molar refractivity (Wildman–Crippen MR) is 74.0 cm³/mol. The van der Waals surface area contributed by atoms with Gasteiger partial charge in [0.15, 0.2) is 0 Å². The maximum absolute atomic E-state index is 11.7. The Bertz CT molecular complexity index is 428. The Labute approximate surface area is 109 Å². The summed E-state index contributed by atoms with van der Waals surface area (Å²) in [6.45, 7) is 4.17. The lowest BCUT2D eigenvalue weighted by Crippen LogP contribution is -2.17. The number of H-pyrrole nitrogens is 1. The van der Waals surface area contributed by atoms with Crippen molar-refractivity contribution >= 4 is 0 Å². The highest BCUT2D eigenvalue weighted by atomic mass is 16.1. The van der Waals surface area contributed by atoms with Gasteiger partial charge in [-0.25, -0.2) is 4.98 Å². The molecule has 3 nitrogen and oxygen atoms in total. The number of rotatable bonds is 2. The molecule has 0 unspecified atom stereocenters.